The Labute approximate surface area is 180 Å². The quantitative estimate of drug-likeness (QED) is 0.568. The molecule has 2 heterocycles. The van der Waals surface area contributed by atoms with Gasteiger partial charge in [-0.3, -0.25) is 9.59 Å². The van der Waals surface area contributed by atoms with Gasteiger partial charge < -0.3 is 15.6 Å². The van der Waals surface area contributed by atoms with Crippen LogP contribution in [0.2, 0.25) is 0 Å². The summed E-state index contributed by atoms with van der Waals surface area (Å²) in [5.74, 6) is 0.601. The number of hydrogen-bond donors (Lipinski definition) is 2. The minimum Gasteiger partial charge on any atom is -0.338 e. The van der Waals surface area contributed by atoms with E-state index < -0.39 is 0 Å². The molecular formula is C21H27ClN4O2S. The van der Waals surface area contributed by atoms with Gasteiger partial charge in [0, 0.05) is 30.8 Å². The maximum absolute atomic E-state index is 12.8. The van der Waals surface area contributed by atoms with Gasteiger partial charge in [-0.1, -0.05) is 30.3 Å². The molecule has 3 rings (SSSR count). The molecule has 8 heteroatoms. The van der Waals surface area contributed by atoms with Gasteiger partial charge in [-0.15, -0.1) is 23.7 Å². The summed E-state index contributed by atoms with van der Waals surface area (Å²) in [6, 6.07) is 9.92. The Kier molecular flexibility index (Phi) is 8.37. The minimum atomic E-state index is -0.126. The van der Waals surface area contributed by atoms with Gasteiger partial charge >= 0.3 is 0 Å². The van der Waals surface area contributed by atoms with E-state index in [1.807, 2.05) is 49.1 Å². The number of halogens is 1. The van der Waals surface area contributed by atoms with E-state index in [4.69, 9.17) is 5.73 Å². The Balaban J connectivity index is 0.00000300. The molecule has 0 unspecified atom stereocenters. The number of H-pyrrole nitrogens is 1. The summed E-state index contributed by atoms with van der Waals surface area (Å²) in [5, 5.41) is 0.659. The fourth-order valence-electron chi connectivity index (χ4n) is 3.18. The molecule has 0 aliphatic rings. The van der Waals surface area contributed by atoms with Crippen molar-refractivity contribution in [1.29, 1.82) is 0 Å². The van der Waals surface area contributed by atoms with Gasteiger partial charge in [0.25, 0.3) is 5.56 Å². The monoisotopic (exact) mass is 434 g/mol. The predicted molar refractivity (Wildman–Crippen MR) is 121 cm³/mol. The van der Waals surface area contributed by atoms with Crippen LogP contribution >= 0.6 is 23.7 Å². The summed E-state index contributed by atoms with van der Waals surface area (Å²) in [5.41, 5.74) is 7.57. The van der Waals surface area contributed by atoms with Crippen LogP contribution in [-0.2, 0) is 17.8 Å². The maximum atomic E-state index is 12.8. The molecule has 3 N–H and O–H groups in total. The van der Waals surface area contributed by atoms with E-state index >= 15 is 0 Å². The van der Waals surface area contributed by atoms with Crippen molar-refractivity contribution in [1.82, 2.24) is 14.9 Å². The molecule has 0 aliphatic heterocycles. The van der Waals surface area contributed by atoms with Crippen LogP contribution in [0.5, 0.6) is 0 Å². The summed E-state index contributed by atoms with van der Waals surface area (Å²) in [7, 11) is 0. The number of fused-ring (bicyclic) bond motifs is 1. The Morgan fingerprint density at radius 1 is 1.24 bits per heavy atom. The van der Waals surface area contributed by atoms with Crippen LogP contribution in [0.3, 0.4) is 0 Å². The van der Waals surface area contributed by atoms with Crippen LogP contribution in [0, 0.1) is 13.8 Å². The average molecular weight is 435 g/mol. The number of benzene rings is 1. The zero-order valence-corrected chi connectivity index (χ0v) is 18.4. The molecule has 0 saturated heterocycles. The Bertz CT molecular complexity index is 1020. The number of nitrogens with two attached hydrogens (primary N) is 1. The van der Waals surface area contributed by atoms with Gasteiger partial charge in [0.2, 0.25) is 5.91 Å². The van der Waals surface area contributed by atoms with Crippen molar-refractivity contribution in [3.8, 4) is 0 Å². The van der Waals surface area contributed by atoms with Crippen molar-refractivity contribution in [2.45, 2.75) is 39.7 Å². The molecule has 3 aromatic rings. The van der Waals surface area contributed by atoms with Crippen LogP contribution in [0.15, 0.2) is 35.1 Å². The summed E-state index contributed by atoms with van der Waals surface area (Å²) in [4.78, 5) is 36.3. The second kappa shape index (κ2) is 10.5. The third kappa shape index (κ3) is 5.65. The van der Waals surface area contributed by atoms with Crippen molar-refractivity contribution in [3.05, 3.63) is 62.5 Å². The lowest BCUT2D eigenvalue weighted by molar-refractivity contribution is -0.131. The Hall–Kier alpha value is -2.22. The maximum Gasteiger partial charge on any atom is 0.259 e. The fourth-order valence-corrected chi connectivity index (χ4v) is 4.23. The van der Waals surface area contributed by atoms with Crippen LogP contribution in [0.1, 0.15) is 34.7 Å². The number of aromatic nitrogens is 2. The standard InChI is InChI=1S/C21H26N4O2S.ClH/c1-14-15(2)28-21-19(14)20(27)23-17(24-21)9-10-18(26)25(12-6-11-22)13-16-7-4-3-5-8-16;/h3-5,7-8H,6,9-13,22H2,1-2H3,(H,23,24,27);1H. The zero-order valence-electron chi connectivity index (χ0n) is 16.7. The van der Waals surface area contributed by atoms with Crippen molar-refractivity contribution in [3.63, 3.8) is 0 Å². The molecule has 1 aromatic carbocycles. The van der Waals surface area contributed by atoms with E-state index in [9.17, 15) is 9.59 Å². The third-order valence-corrected chi connectivity index (χ3v) is 5.97. The average Bonchev–Trinajstić information content (AvgIpc) is 2.98. The number of amides is 1. The van der Waals surface area contributed by atoms with Gasteiger partial charge in [-0.05, 0) is 37.9 Å². The fraction of sp³-hybridized carbons (Fsp3) is 0.381. The van der Waals surface area contributed by atoms with E-state index in [1.165, 1.54) is 11.3 Å². The first-order valence-corrected chi connectivity index (χ1v) is 10.3. The van der Waals surface area contributed by atoms with Gasteiger partial charge in [0.05, 0.1) is 5.39 Å². The summed E-state index contributed by atoms with van der Waals surface area (Å²) in [6.07, 6.45) is 1.47. The van der Waals surface area contributed by atoms with Gasteiger partial charge in [0.15, 0.2) is 0 Å². The van der Waals surface area contributed by atoms with Gasteiger partial charge in [-0.2, -0.15) is 0 Å². The molecule has 0 fully saturated rings. The SMILES string of the molecule is Cc1sc2nc(CCC(=O)N(CCCN)Cc3ccccc3)[nH]c(=O)c2c1C.Cl. The van der Waals surface area contributed by atoms with Crippen molar-refractivity contribution >= 4 is 39.9 Å². The number of hydrogen-bond acceptors (Lipinski definition) is 5. The zero-order chi connectivity index (χ0) is 20.1. The number of carbonyl (C=O) groups excluding carboxylic acids is 1. The van der Waals surface area contributed by atoms with Gasteiger partial charge in [0.1, 0.15) is 10.7 Å². The molecule has 0 atom stereocenters. The van der Waals surface area contributed by atoms with E-state index in [0.717, 1.165) is 27.3 Å². The molecule has 0 saturated carbocycles. The molecule has 2 aromatic heterocycles. The smallest absolute Gasteiger partial charge is 0.259 e. The summed E-state index contributed by atoms with van der Waals surface area (Å²) >= 11 is 1.52. The van der Waals surface area contributed by atoms with Crippen LogP contribution in [0.4, 0.5) is 0 Å². The highest BCUT2D eigenvalue weighted by Gasteiger charge is 2.16. The normalized spacial score (nSPS) is 10.7. The summed E-state index contributed by atoms with van der Waals surface area (Å²) in [6.45, 7) is 5.65. The molecule has 0 spiro atoms. The molecule has 0 aliphatic carbocycles. The second-order valence-electron chi connectivity index (χ2n) is 6.92. The molecule has 0 radical (unpaired) electrons. The van der Waals surface area contributed by atoms with Crippen LogP contribution in [0.25, 0.3) is 10.2 Å². The lowest BCUT2D eigenvalue weighted by Gasteiger charge is -2.22. The summed E-state index contributed by atoms with van der Waals surface area (Å²) < 4.78 is 0. The topological polar surface area (TPSA) is 92.1 Å². The highest BCUT2D eigenvalue weighted by Crippen LogP contribution is 2.25. The number of aromatic amines is 1. The number of aryl methyl sites for hydroxylation is 3. The minimum absolute atomic E-state index is 0. The largest absolute Gasteiger partial charge is 0.338 e. The molecule has 1 amide bonds. The van der Waals surface area contributed by atoms with E-state index in [0.29, 0.717) is 43.7 Å². The first-order valence-electron chi connectivity index (χ1n) is 9.50. The van der Waals surface area contributed by atoms with Crippen LogP contribution < -0.4 is 11.3 Å². The molecule has 6 nitrogen and oxygen atoms in total. The first-order chi connectivity index (χ1) is 13.5. The predicted octanol–water partition coefficient (Wildman–Crippen LogP) is 3.33. The highest BCUT2D eigenvalue weighted by atomic mass is 35.5. The lowest BCUT2D eigenvalue weighted by atomic mass is 10.2. The van der Waals surface area contributed by atoms with Crippen molar-refractivity contribution in [2.75, 3.05) is 13.1 Å². The Morgan fingerprint density at radius 3 is 2.66 bits per heavy atom. The number of rotatable bonds is 8. The van der Waals surface area contributed by atoms with E-state index in [2.05, 4.69) is 9.97 Å². The molecular weight excluding hydrogens is 408 g/mol. The van der Waals surface area contributed by atoms with E-state index in [1.54, 1.807) is 0 Å². The molecule has 156 valence electrons. The third-order valence-electron chi connectivity index (χ3n) is 4.86. The van der Waals surface area contributed by atoms with Crippen molar-refractivity contribution in [2.24, 2.45) is 5.73 Å². The lowest BCUT2D eigenvalue weighted by Crippen LogP contribution is -2.33. The first kappa shape index (κ1) is 23.1. The number of nitrogens with zero attached hydrogens (tertiary/aromatic N) is 2. The Morgan fingerprint density at radius 2 is 1.97 bits per heavy atom. The molecule has 29 heavy (non-hydrogen) atoms. The van der Waals surface area contributed by atoms with Gasteiger partial charge in [-0.25, -0.2) is 4.98 Å². The number of nitrogens with one attached hydrogen (secondary N) is 1. The number of carbonyl (C=O) groups is 1. The van der Waals surface area contributed by atoms with E-state index in [-0.39, 0.29) is 23.9 Å². The number of thiophene rings is 1. The second-order valence-corrected chi connectivity index (χ2v) is 8.12. The van der Waals surface area contributed by atoms with Crippen LogP contribution in [-0.4, -0.2) is 33.9 Å². The molecule has 0 bridgehead atoms. The highest BCUT2D eigenvalue weighted by molar-refractivity contribution is 7.18. The van der Waals surface area contributed by atoms with Crippen molar-refractivity contribution < 1.29 is 4.79 Å².